The van der Waals surface area contributed by atoms with E-state index in [-0.39, 0.29) is 24.0 Å². The van der Waals surface area contributed by atoms with E-state index in [9.17, 15) is 0 Å². The van der Waals surface area contributed by atoms with Gasteiger partial charge in [0.05, 0.1) is 6.61 Å². The van der Waals surface area contributed by atoms with Crippen LogP contribution in [0.4, 0.5) is 0 Å². The molecule has 0 fully saturated rings. The predicted octanol–water partition coefficient (Wildman–Crippen LogP) is 3.98. The highest BCUT2D eigenvalue weighted by atomic mass is 127. The number of thiophene rings is 1. The van der Waals surface area contributed by atoms with Crippen molar-refractivity contribution < 1.29 is 4.74 Å². The largest absolute Gasteiger partial charge is 0.493 e. The third-order valence-corrected chi connectivity index (χ3v) is 5.32. The molecule has 0 spiro atoms. The monoisotopic (exact) mass is 485 g/mol. The first-order valence-corrected chi connectivity index (χ1v) is 9.90. The molecule has 2 heterocycles. The van der Waals surface area contributed by atoms with E-state index in [0.717, 1.165) is 57.2 Å². The highest BCUT2D eigenvalue weighted by molar-refractivity contribution is 14.0. The third-order valence-electron chi connectivity index (χ3n) is 4.39. The van der Waals surface area contributed by atoms with Crippen LogP contribution in [0.5, 0.6) is 5.75 Å². The van der Waals surface area contributed by atoms with Crippen molar-refractivity contribution in [3.63, 3.8) is 0 Å². The average Bonchev–Trinajstić information content (AvgIpc) is 3.30. The summed E-state index contributed by atoms with van der Waals surface area (Å²) < 4.78 is 5.57. The van der Waals surface area contributed by atoms with Crippen LogP contribution >= 0.6 is 35.3 Å². The summed E-state index contributed by atoms with van der Waals surface area (Å²) in [5, 5.41) is 5.53. The molecule has 6 heteroatoms. The maximum Gasteiger partial charge on any atom is 0.193 e. The Bertz CT molecular complexity index is 703. The molecule has 0 unspecified atom stereocenters. The summed E-state index contributed by atoms with van der Waals surface area (Å²) in [4.78, 5) is 8.45. The highest BCUT2D eigenvalue weighted by Crippen LogP contribution is 2.25. The summed E-state index contributed by atoms with van der Waals surface area (Å²) in [6, 6.07) is 10.8. The first-order chi connectivity index (χ1) is 12.3. The number of benzene rings is 1. The van der Waals surface area contributed by atoms with Crippen molar-refractivity contribution in [3.05, 3.63) is 51.7 Å². The van der Waals surface area contributed by atoms with Gasteiger partial charge in [0, 0.05) is 38.0 Å². The number of halogens is 1. The number of ether oxygens (including phenoxy) is 1. The number of hydrogen-bond donors (Lipinski definition) is 1. The van der Waals surface area contributed by atoms with Gasteiger partial charge in [-0.15, -0.1) is 35.3 Å². The number of hydrogen-bond acceptors (Lipinski definition) is 3. The molecule has 1 aliphatic rings. The minimum absolute atomic E-state index is 0. The molecule has 0 atom stereocenters. The van der Waals surface area contributed by atoms with Gasteiger partial charge in [-0.3, -0.25) is 4.99 Å². The zero-order valence-electron chi connectivity index (χ0n) is 15.5. The molecule has 0 radical (unpaired) electrons. The maximum absolute atomic E-state index is 5.57. The Morgan fingerprint density at radius 3 is 2.96 bits per heavy atom. The summed E-state index contributed by atoms with van der Waals surface area (Å²) in [5.41, 5.74) is 2.67. The van der Waals surface area contributed by atoms with Gasteiger partial charge in [-0.2, -0.15) is 0 Å². The van der Waals surface area contributed by atoms with Crippen molar-refractivity contribution >= 4 is 41.3 Å². The van der Waals surface area contributed by atoms with Crippen LogP contribution in [0.2, 0.25) is 0 Å². The number of aliphatic imine (C=N–C) groups is 1. The molecular formula is C20H28IN3OS. The highest BCUT2D eigenvalue weighted by Gasteiger charge is 2.12. The Balaban J connectivity index is 0.00000243. The van der Waals surface area contributed by atoms with Crippen LogP contribution in [0.25, 0.3) is 0 Å². The SMILES string of the molecule is CCNC(=NCCc1ccc2c(c1)CCO2)N(C)CCc1cccs1.I. The molecule has 3 rings (SSSR count). The van der Waals surface area contributed by atoms with Crippen molar-refractivity contribution in [2.45, 2.75) is 26.2 Å². The molecule has 0 amide bonds. The second kappa shape index (κ2) is 10.8. The Hall–Kier alpha value is -1.28. The van der Waals surface area contributed by atoms with Gasteiger partial charge in [-0.1, -0.05) is 18.2 Å². The normalized spacial score (nSPS) is 12.9. The average molecular weight is 485 g/mol. The van der Waals surface area contributed by atoms with Gasteiger partial charge in [0.25, 0.3) is 0 Å². The molecule has 1 N–H and O–H groups in total. The molecule has 0 aliphatic carbocycles. The lowest BCUT2D eigenvalue weighted by atomic mass is 10.1. The van der Waals surface area contributed by atoms with E-state index in [4.69, 9.17) is 9.73 Å². The quantitative estimate of drug-likeness (QED) is 0.366. The lowest BCUT2D eigenvalue weighted by molar-refractivity contribution is 0.357. The van der Waals surface area contributed by atoms with E-state index in [1.165, 1.54) is 16.0 Å². The number of guanidine groups is 1. The van der Waals surface area contributed by atoms with Crippen LogP contribution in [0.1, 0.15) is 22.9 Å². The lowest BCUT2D eigenvalue weighted by Gasteiger charge is -2.21. The van der Waals surface area contributed by atoms with Crippen molar-refractivity contribution in [3.8, 4) is 5.75 Å². The summed E-state index contributed by atoms with van der Waals surface area (Å²) in [7, 11) is 2.11. The van der Waals surface area contributed by atoms with Crippen LogP contribution in [-0.2, 0) is 19.3 Å². The number of rotatable bonds is 7. The van der Waals surface area contributed by atoms with E-state index in [1.54, 1.807) is 0 Å². The Labute approximate surface area is 177 Å². The molecule has 4 nitrogen and oxygen atoms in total. The molecule has 1 aromatic carbocycles. The second-order valence-corrected chi connectivity index (χ2v) is 7.31. The van der Waals surface area contributed by atoms with Crippen LogP contribution in [0.3, 0.4) is 0 Å². The topological polar surface area (TPSA) is 36.9 Å². The van der Waals surface area contributed by atoms with Gasteiger partial charge in [0.15, 0.2) is 5.96 Å². The van der Waals surface area contributed by atoms with Gasteiger partial charge in [0.1, 0.15) is 5.75 Å². The molecule has 0 bridgehead atoms. The maximum atomic E-state index is 5.57. The fraction of sp³-hybridized carbons (Fsp3) is 0.450. The van der Waals surface area contributed by atoms with Crippen LogP contribution < -0.4 is 10.1 Å². The van der Waals surface area contributed by atoms with E-state index in [2.05, 4.69) is 59.9 Å². The zero-order valence-corrected chi connectivity index (χ0v) is 18.7. The Morgan fingerprint density at radius 1 is 1.31 bits per heavy atom. The summed E-state index contributed by atoms with van der Waals surface area (Å²) >= 11 is 1.82. The number of nitrogens with one attached hydrogen (secondary N) is 1. The molecule has 0 saturated carbocycles. The van der Waals surface area contributed by atoms with E-state index in [1.807, 2.05) is 11.3 Å². The lowest BCUT2D eigenvalue weighted by Crippen LogP contribution is -2.40. The number of fused-ring (bicyclic) bond motifs is 1. The minimum atomic E-state index is 0. The van der Waals surface area contributed by atoms with Gasteiger partial charge in [-0.25, -0.2) is 0 Å². The van der Waals surface area contributed by atoms with Crippen LogP contribution in [0, 0.1) is 0 Å². The van der Waals surface area contributed by atoms with Gasteiger partial charge in [-0.05, 0) is 48.4 Å². The van der Waals surface area contributed by atoms with Crippen molar-refractivity contribution in [1.82, 2.24) is 10.2 Å². The zero-order chi connectivity index (χ0) is 17.5. The number of nitrogens with zero attached hydrogens (tertiary/aromatic N) is 2. The van der Waals surface area contributed by atoms with Crippen LogP contribution in [-0.4, -0.2) is 44.1 Å². The Morgan fingerprint density at radius 2 is 2.19 bits per heavy atom. The molecular weight excluding hydrogens is 457 g/mol. The van der Waals surface area contributed by atoms with Gasteiger partial charge < -0.3 is 15.0 Å². The summed E-state index contributed by atoms with van der Waals surface area (Å²) in [6.07, 6.45) is 3.05. The number of likely N-dealkylation sites (N-methyl/N-ethyl adjacent to an activating group) is 1. The van der Waals surface area contributed by atoms with E-state index in [0.29, 0.717) is 0 Å². The Kier molecular flexibility index (Phi) is 8.71. The van der Waals surface area contributed by atoms with E-state index >= 15 is 0 Å². The molecule has 0 saturated heterocycles. The summed E-state index contributed by atoms with van der Waals surface area (Å²) in [6.45, 7) is 5.59. The second-order valence-electron chi connectivity index (χ2n) is 6.28. The van der Waals surface area contributed by atoms with Crippen molar-refractivity contribution in [1.29, 1.82) is 0 Å². The minimum Gasteiger partial charge on any atom is -0.493 e. The third kappa shape index (κ3) is 5.87. The fourth-order valence-electron chi connectivity index (χ4n) is 2.99. The molecule has 1 aromatic heterocycles. The smallest absolute Gasteiger partial charge is 0.193 e. The van der Waals surface area contributed by atoms with Crippen molar-refractivity contribution in [2.24, 2.45) is 4.99 Å². The van der Waals surface area contributed by atoms with Gasteiger partial charge >= 0.3 is 0 Å². The first kappa shape index (κ1) is 21.0. The predicted molar refractivity (Wildman–Crippen MR) is 121 cm³/mol. The van der Waals surface area contributed by atoms with Crippen LogP contribution in [0.15, 0.2) is 40.7 Å². The van der Waals surface area contributed by atoms with E-state index < -0.39 is 0 Å². The molecule has 1 aliphatic heterocycles. The molecule has 26 heavy (non-hydrogen) atoms. The molecule has 142 valence electrons. The molecule has 2 aromatic rings. The first-order valence-electron chi connectivity index (χ1n) is 9.02. The standard InChI is InChI=1S/C20H27N3OS.HI/c1-3-21-20(23(2)12-9-18-5-4-14-25-18)22-11-8-16-6-7-19-17(15-16)10-13-24-19;/h4-7,14-15H,3,8-13H2,1-2H3,(H,21,22);1H. The fourth-order valence-corrected chi connectivity index (χ4v) is 3.69. The van der Waals surface area contributed by atoms with Crippen molar-refractivity contribution in [2.75, 3.05) is 33.3 Å². The van der Waals surface area contributed by atoms with Gasteiger partial charge in [0.2, 0.25) is 0 Å². The summed E-state index contributed by atoms with van der Waals surface area (Å²) in [5.74, 6) is 2.04.